The van der Waals surface area contributed by atoms with Gasteiger partial charge < -0.3 is 0 Å². The maximum atomic E-state index is 12.5. The standard InChI is InChI=1S/C16H20Cl2OSi/c1-4-20(5-2,6-3)14-13(16(17,18)15(14)19)12-10-8-7-9-11-12/h7-11H,4-6H2,1-3H3. The first-order valence-electron chi connectivity index (χ1n) is 7.17. The lowest BCUT2D eigenvalue weighted by Gasteiger charge is -2.44. The van der Waals surface area contributed by atoms with Gasteiger partial charge in [0, 0.05) is 5.57 Å². The van der Waals surface area contributed by atoms with Gasteiger partial charge in [0.15, 0.2) is 5.78 Å². The van der Waals surface area contributed by atoms with Gasteiger partial charge in [-0.3, -0.25) is 4.79 Å². The summed E-state index contributed by atoms with van der Waals surface area (Å²) in [5, 5.41) is 0.973. The second kappa shape index (κ2) is 5.67. The van der Waals surface area contributed by atoms with Gasteiger partial charge in [0.2, 0.25) is 4.33 Å². The highest BCUT2D eigenvalue weighted by atomic mass is 35.5. The third-order valence-electron chi connectivity index (χ3n) is 4.70. The zero-order valence-corrected chi connectivity index (χ0v) is 14.7. The predicted octanol–water partition coefficient (Wildman–Crippen LogP) is 5.24. The van der Waals surface area contributed by atoms with Crippen LogP contribution in [0.2, 0.25) is 18.1 Å². The van der Waals surface area contributed by atoms with Gasteiger partial charge >= 0.3 is 0 Å². The highest BCUT2D eigenvalue weighted by Gasteiger charge is 2.57. The Kier molecular flexibility index (Phi) is 4.48. The minimum atomic E-state index is -1.77. The molecule has 4 heteroatoms. The lowest BCUT2D eigenvalue weighted by molar-refractivity contribution is -0.115. The molecule has 0 atom stereocenters. The molecule has 0 radical (unpaired) electrons. The summed E-state index contributed by atoms with van der Waals surface area (Å²) in [4.78, 5) is 12.5. The summed E-state index contributed by atoms with van der Waals surface area (Å²) >= 11 is 12.6. The fourth-order valence-corrected chi connectivity index (χ4v) is 8.20. The fraction of sp³-hybridized carbons (Fsp3) is 0.438. The average molecular weight is 327 g/mol. The van der Waals surface area contributed by atoms with Crippen LogP contribution in [0.25, 0.3) is 5.57 Å². The van der Waals surface area contributed by atoms with Crippen LogP contribution in [0.5, 0.6) is 0 Å². The van der Waals surface area contributed by atoms with E-state index in [-0.39, 0.29) is 5.78 Å². The predicted molar refractivity (Wildman–Crippen MR) is 90.0 cm³/mol. The third kappa shape index (κ3) is 2.18. The molecule has 1 nitrogen and oxygen atoms in total. The van der Waals surface area contributed by atoms with Crippen molar-refractivity contribution in [3.05, 3.63) is 41.1 Å². The van der Waals surface area contributed by atoms with E-state index in [2.05, 4.69) is 20.8 Å². The Morgan fingerprint density at radius 1 is 1.00 bits per heavy atom. The number of hydrogen-bond donors (Lipinski definition) is 0. The van der Waals surface area contributed by atoms with Gasteiger partial charge in [0.25, 0.3) is 0 Å². The van der Waals surface area contributed by atoms with Gasteiger partial charge in [-0.15, -0.1) is 0 Å². The number of allylic oxidation sites excluding steroid dienone is 2. The first-order valence-corrected chi connectivity index (χ1v) is 10.6. The largest absolute Gasteiger partial charge is 0.291 e. The van der Waals surface area contributed by atoms with Gasteiger partial charge in [0.1, 0.15) is 0 Å². The number of carbonyl (C=O) groups excluding carboxylic acids is 1. The van der Waals surface area contributed by atoms with Crippen molar-refractivity contribution in [1.29, 1.82) is 0 Å². The summed E-state index contributed by atoms with van der Waals surface area (Å²) in [6.45, 7) is 6.56. The van der Waals surface area contributed by atoms with Crippen molar-refractivity contribution in [2.24, 2.45) is 0 Å². The van der Waals surface area contributed by atoms with Gasteiger partial charge in [-0.1, -0.05) is 92.4 Å². The van der Waals surface area contributed by atoms with E-state index >= 15 is 0 Å². The summed E-state index contributed by atoms with van der Waals surface area (Å²) in [6, 6.07) is 13.0. The molecule has 0 heterocycles. The van der Waals surface area contributed by atoms with E-state index < -0.39 is 12.4 Å². The van der Waals surface area contributed by atoms with Crippen LogP contribution in [-0.2, 0) is 4.79 Å². The number of rotatable bonds is 5. The molecule has 0 spiro atoms. The van der Waals surface area contributed by atoms with Gasteiger partial charge in [-0.2, -0.15) is 0 Å². The Balaban J connectivity index is 2.66. The number of ketones is 1. The number of benzene rings is 1. The first-order chi connectivity index (χ1) is 9.44. The zero-order chi connectivity index (χ0) is 15.0. The monoisotopic (exact) mass is 326 g/mol. The van der Waals surface area contributed by atoms with Crippen LogP contribution >= 0.6 is 23.2 Å². The summed E-state index contributed by atoms with van der Waals surface area (Å²) < 4.78 is -1.35. The van der Waals surface area contributed by atoms with Crippen LogP contribution in [0.3, 0.4) is 0 Å². The van der Waals surface area contributed by atoms with Crippen LogP contribution in [0.4, 0.5) is 0 Å². The molecule has 1 aliphatic carbocycles. The van der Waals surface area contributed by atoms with E-state index in [9.17, 15) is 4.79 Å². The highest BCUT2D eigenvalue weighted by molar-refractivity contribution is 6.96. The molecule has 2 rings (SSSR count). The fourth-order valence-electron chi connectivity index (χ4n) is 3.20. The zero-order valence-electron chi connectivity index (χ0n) is 12.2. The van der Waals surface area contributed by atoms with Crippen molar-refractivity contribution in [2.75, 3.05) is 0 Å². The molecule has 0 unspecified atom stereocenters. The molecular weight excluding hydrogens is 307 g/mol. The van der Waals surface area contributed by atoms with Crippen molar-refractivity contribution in [3.63, 3.8) is 0 Å². The molecule has 108 valence electrons. The van der Waals surface area contributed by atoms with Crippen molar-refractivity contribution in [1.82, 2.24) is 0 Å². The van der Waals surface area contributed by atoms with E-state index in [0.29, 0.717) is 0 Å². The van der Waals surface area contributed by atoms with Gasteiger partial charge in [0.05, 0.1) is 8.07 Å². The van der Waals surface area contributed by atoms with Crippen LogP contribution in [0.1, 0.15) is 26.3 Å². The number of alkyl halides is 2. The maximum Gasteiger partial charge on any atom is 0.205 e. The van der Waals surface area contributed by atoms with Crippen molar-refractivity contribution in [2.45, 2.75) is 43.2 Å². The number of halogens is 2. The summed E-state index contributed by atoms with van der Waals surface area (Å²) in [5.41, 5.74) is 1.85. The Labute approximate surface area is 132 Å². The second-order valence-electron chi connectivity index (χ2n) is 5.36. The smallest absolute Gasteiger partial charge is 0.205 e. The second-order valence-corrected chi connectivity index (χ2v) is 11.9. The third-order valence-corrected chi connectivity index (χ3v) is 11.0. The lowest BCUT2D eigenvalue weighted by Crippen LogP contribution is -2.52. The molecule has 0 aromatic heterocycles. The molecule has 0 aliphatic heterocycles. The number of Topliss-reactive ketones (excluding diaryl/α,β-unsaturated/α-hetero) is 1. The quantitative estimate of drug-likeness (QED) is 0.533. The molecule has 1 aromatic carbocycles. The topological polar surface area (TPSA) is 17.1 Å². The van der Waals surface area contributed by atoms with Gasteiger partial charge in [-0.05, 0) is 10.8 Å². The molecule has 0 amide bonds. The Morgan fingerprint density at radius 2 is 1.50 bits per heavy atom. The molecule has 1 aliphatic rings. The van der Waals surface area contributed by atoms with Crippen molar-refractivity contribution >= 4 is 42.6 Å². The van der Waals surface area contributed by atoms with Gasteiger partial charge in [-0.25, -0.2) is 0 Å². The van der Waals surface area contributed by atoms with E-state index in [0.717, 1.165) is 34.5 Å². The van der Waals surface area contributed by atoms with Crippen LogP contribution < -0.4 is 0 Å². The maximum absolute atomic E-state index is 12.5. The van der Waals surface area contributed by atoms with Crippen LogP contribution in [0, 0.1) is 0 Å². The summed E-state index contributed by atoms with van der Waals surface area (Å²) in [6.07, 6.45) is 0. The SMILES string of the molecule is CC[Si](CC)(CC)C1=C(c2ccccc2)C(Cl)(Cl)C1=O. The molecule has 1 aromatic rings. The normalized spacial score (nSPS) is 18.1. The Morgan fingerprint density at radius 3 is 1.95 bits per heavy atom. The molecular formula is C16H20Cl2OSi. The van der Waals surface area contributed by atoms with Crippen molar-refractivity contribution < 1.29 is 4.79 Å². The average Bonchev–Trinajstić information content (AvgIpc) is 2.48. The van der Waals surface area contributed by atoms with Crippen molar-refractivity contribution in [3.8, 4) is 0 Å². The molecule has 0 fully saturated rings. The molecule has 0 saturated heterocycles. The van der Waals surface area contributed by atoms with Crippen LogP contribution in [0.15, 0.2) is 35.5 Å². The first kappa shape index (κ1) is 15.8. The molecule has 0 bridgehead atoms. The summed E-state index contributed by atoms with van der Waals surface area (Å²) in [5.74, 6) is -0.0584. The lowest BCUT2D eigenvalue weighted by atomic mass is 9.89. The molecule has 0 N–H and O–H groups in total. The van der Waals surface area contributed by atoms with E-state index in [4.69, 9.17) is 23.2 Å². The Bertz CT molecular complexity index is 537. The minimum absolute atomic E-state index is 0.0584. The molecule has 0 saturated carbocycles. The van der Waals surface area contributed by atoms with E-state index in [1.807, 2.05) is 30.3 Å². The number of hydrogen-bond acceptors (Lipinski definition) is 1. The number of carbonyl (C=O) groups is 1. The highest BCUT2D eigenvalue weighted by Crippen LogP contribution is 2.54. The van der Waals surface area contributed by atoms with E-state index in [1.54, 1.807) is 0 Å². The van der Waals surface area contributed by atoms with E-state index in [1.165, 1.54) is 0 Å². The van der Waals surface area contributed by atoms with Crippen LogP contribution in [-0.4, -0.2) is 18.2 Å². The summed E-state index contributed by atoms with van der Waals surface area (Å²) in [7, 11) is -1.77. The molecule has 20 heavy (non-hydrogen) atoms. The Hall–Kier alpha value is -0.573. The minimum Gasteiger partial charge on any atom is -0.291 e.